The molecule has 0 saturated carbocycles. The lowest BCUT2D eigenvalue weighted by Gasteiger charge is -2.24. The Balaban J connectivity index is 1.54. The molecule has 2 amide bonds. The summed E-state index contributed by atoms with van der Waals surface area (Å²) in [5.74, 6) is 0.586. The van der Waals surface area contributed by atoms with Crippen molar-refractivity contribution in [1.29, 1.82) is 0 Å². The lowest BCUT2D eigenvalue weighted by atomic mass is 9.87. The molecule has 0 spiro atoms. The van der Waals surface area contributed by atoms with E-state index in [9.17, 15) is 9.59 Å². The highest BCUT2D eigenvalue weighted by Gasteiger charge is 2.27. The van der Waals surface area contributed by atoms with Crippen molar-refractivity contribution in [2.75, 3.05) is 17.2 Å². The molecule has 0 aromatic heterocycles. The molecule has 5 heteroatoms. The van der Waals surface area contributed by atoms with E-state index in [0.717, 1.165) is 34.5 Å². The van der Waals surface area contributed by atoms with Crippen molar-refractivity contribution in [3.05, 3.63) is 89.0 Å². The number of carbonyl (C=O) groups is 2. The zero-order chi connectivity index (χ0) is 24.7. The Morgan fingerprint density at radius 3 is 2.24 bits per heavy atom. The topological polar surface area (TPSA) is 67.4 Å². The minimum atomic E-state index is -0.579. The van der Waals surface area contributed by atoms with Gasteiger partial charge in [0, 0.05) is 22.4 Å². The van der Waals surface area contributed by atoms with Gasteiger partial charge >= 0.3 is 0 Å². The van der Waals surface area contributed by atoms with Crippen LogP contribution in [0.25, 0.3) is 0 Å². The van der Waals surface area contributed by atoms with E-state index in [0.29, 0.717) is 24.3 Å². The third-order valence-electron chi connectivity index (χ3n) is 5.82. The van der Waals surface area contributed by atoms with Crippen LogP contribution in [0.15, 0.2) is 66.7 Å². The summed E-state index contributed by atoms with van der Waals surface area (Å²) in [7, 11) is 0. The number of aryl methyl sites for hydroxylation is 3. The van der Waals surface area contributed by atoms with E-state index in [-0.39, 0.29) is 11.8 Å². The molecule has 0 aliphatic rings. The van der Waals surface area contributed by atoms with Gasteiger partial charge in [-0.15, -0.1) is 0 Å². The predicted octanol–water partition coefficient (Wildman–Crippen LogP) is 6.69. The Kier molecular flexibility index (Phi) is 8.11. The highest BCUT2D eigenvalue weighted by atomic mass is 16.5. The van der Waals surface area contributed by atoms with Crippen LogP contribution in [-0.2, 0) is 4.79 Å². The molecule has 0 atom stereocenters. The van der Waals surface area contributed by atoms with E-state index in [4.69, 9.17) is 4.74 Å². The van der Waals surface area contributed by atoms with Crippen molar-refractivity contribution >= 4 is 23.2 Å². The Labute approximate surface area is 202 Å². The molecule has 0 aliphatic carbocycles. The number of hydrogen-bond acceptors (Lipinski definition) is 3. The first-order valence-corrected chi connectivity index (χ1v) is 11.6. The number of rotatable bonds is 9. The molecule has 5 nitrogen and oxygen atoms in total. The van der Waals surface area contributed by atoms with E-state index in [1.54, 1.807) is 24.3 Å². The van der Waals surface area contributed by atoms with Gasteiger partial charge in [-0.1, -0.05) is 44.2 Å². The number of benzene rings is 3. The Hall–Kier alpha value is -3.60. The van der Waals surface area contributed by atoms with Crippen molar-refractivity contribution in [1.82, 2.24) is 0 Å². The van der Waals surface area contributed by atoms with Gasteiger partial charge in [0.2, 0.25) is 5.91 Å². The number of hydrogen-bond donors (Lipinski definition) is 2. The Morgan fingerprint density at radius 1 is 0.824 bits per heavy atom. The average Bonchev–Trinajstić information content (AvgIpc) is 2.79. The number of nitrogens with one attached hydrogen (secondary N) is 2. The molecule has 2 N–H and O–H groups in total. The number of anilines is 2. The summed E-state index contributed by atoms with van der Waals surface area (Å²) < 4.78 is 5.93. The highest BCUT2D eigenvalue weighted by molar-refractivity contribution is 6.05. The van der Waals surface area contributed by atoms with Gasteiger partial charge in [-0.3, -0.25) is 9.59 Å². The minimum Gasteiger partial charge on any atom is -0.493 e. The van der Waals surface area contributed by atoms with E-state index < -0.39 is 5.41 Å². The SMILES string of the molecule is Cc1cccc(NC(=O)c2cccc(NC(=O)C(C)(C)CCCOc3cc(C)ccc3C)c2)c1. The number of ether oxygens (including phenoxy) is 1. The fourth-order valence-corrected chi connectivity index (χ4v) is 3.64. The van der Waals surface area contributed by atoms with E-state index in [2.05, 4.69) is 22.8 Å². The second kappa shape index (κ2) is 11.0. The fraction of sp³-hybridized carbons (Fsp3) is 0.310. The normalized spacial score (nSPS) is 11.1. The zero-order valence-corrected chi connectivity index (χ0v) is 20.7. The quantitative estimate of drug-likeness (QED) is 0.351. The van der Waals surface area contributed by atoms with Crippen LogP contribution in [0.1, 0.15) is 53.7 Å². The molecule has 34 heavy (non-hydrogen) atoms. The van der Waals surface area contributed by atoms with E-state index in [1.165, 1.54) is 0 Å². The van der Waals surface area contributed by atoms with Crippen LogP contribution in [0.5, 0.6) is 5.75 Å². The molecular formula is C29H34N2O3. The summed E-state index contributed by atoms with van der Waals surface area (Å²) in [5.41, 5.74) is 4.58. The maximum absolute atomic E-state index is 13.0. The Bertz CT molecular complexity index is 1170. The van der Waals surface area contributed by atoms with Crippen molar-refractivity contribution < 1.29 is 14.3 Å². The maximum Gasteiger partial charge on any atom is 0.255 e. The highest BCUT2D eigenvalue weighted by Crippen LogP contribution is 2.26. The van der Waals surface area contributed by atoms with Crippen LogP contribution >= 0.6 is 0 Å². The van der Waals surface area contributed by atoms with Gasteiger partial charge in [0.15, 0.2) is 0 Å². The van der Waals surface area contributed by atoms with Crippen LogP contribution in [0.4, 0.5) is 11.4 Å². The molecule has 0 saturated heterocycles. The van der Waals surface area contributed by atoms with Gasteiger partial charge in [0.05, 0.1) is 6.61 Å². The zero-order valence-electron chi connectivity index (χ0n) is 20.7. The largest absolute Gasteiger partial charge is 0.493 e. The predicted molar refractivity (Wildman–Crippen MR) is 139 cm³/mol. The van der Waals surface area contributed by atoms with Crippen LogP contribution in [0.3, 0.4) is 0 Å². The first kappa shape index (κ1) is 25.0. The molecular weight excluding hydrogens is 424 g/mol. The van der Waals surface area contributed by atoms with Gasteiger partial charge in [0.25, 0.3) is 5.91 Å². The molecule has 3 aromatic carbocycles. The number of carbonyl (C=O) groups excluding carboxylic acids is 2. The maximum atomic E-state index is 13.0. The summed E-state index contributed by atoms with van der Waals surface area (Å²) in [6.45, 7) is 10.4. The monoisotopic (exact) mass is 458 g/mol. The average molecular weight is 459 g/mol. The Morgan fingerprint density at radius 2 is 1.50 bits per heavy atom. The van der Waals surface area contributed by atoms with Gasteiger partial charge < -0.3 is 15.4 Å². The lowest BCUT2D eigenvalue weighted by molar-refractivity contribution is -0.124. The number of amides is 2. The molecule has 0 unspecified atom stereocenters. The smallest absolute Gasteiger partial charge is 0.255 e. The van der Waals surface area contributed by atoms with E-state index >= 15 is 0 Å². The van der Waals surface area contributed by atoms with Gasteiger partial charge in [0.1, 0.15) is 5.75 Å². The van der Waals surface area contributed by atoms with E-state index in [1.807, 2.05) is 65.0 Å². The second-order valence-electron chi connectivity index (χ2n) is 9.46. The van der Waals surface area contributed by atoms with Gasteiger partial charge in [-0.2, -0.15) is 0 Å². The van der Waals surface area contributed by atoms with Crippen molar-refractivity contribution in [3.8, 4) is 5.75 Å². The third-order valence-corrected chi connectivity index (χ3v) is 5.82. The summed E-state index contributed by atoms with van der Waals surface area (Å²) in [5, 5.41) is 5.87. The summed E-state index contributed by atoms with van der Waals surface area (Å²) in [6.07, 6.45) is 1.43. The van der Waals surface area contributed by atoms with Crippen LogP contribution in [0, 0.1) is 26.2 Å². The van der Waals surface area contributed by atoms with Crippen LogP contribution < -0.4 is 15.4 Å². The van der Waals surface area contributed by atoms with Gasteiger partial charge in [-0.05, 0) is 86.7 Å². The van der Waals surface area contributed by atoms with Crippen LogP contribution in [-0.4, -0.2) is 18.4 Å². The molecule has 3 rings (SSSR count). The molecule has 0 radical (unpaired) electrons. The molecule has 178 valence electrons. The molecule has 0 aliphatic heterocycles. The molecule has 3 aromatic rings. The third kappa shape index (κ3) is 6.95. The first-order chi connectivity index (χ1) is 16.1. The lowest BCUT2D eigenvalue weighted by Crippen LogP contribution is -2.31. The van der Waals surface area contributed by atoms with Crippen molar-refractivity contribution in [2.45, 2.75) is 47.5 Å². The van der Waals surface area contributed by atoms with Crippen molar-refractivity contribution in [2.24, 2.45) is 5.41 Å². The summed E-state index contributed by atoms with van der Waals surface area (Å²) >= 11 is 0. The molecule has 0 bridgehead atoms. The minimum absolute atomic E-state index is 0.0875. The second-order valence-corrected chi connectivity index (χ2v) is 9.46. The van der Waals surface area contributed by atoms with Gasteiger partial charge in [-0.25, -0.2) is 0 Å². The summed E-state index contributed by atoms with van der Waals surface area (Å²) in [4.78, 5) is 25.6. The van der Waals surface area contributed by atoms with Crippen LogP contribution in [0.2, 0.25) is 0 Å². The van der Waals surface area contributed by atoms with Crippen molar-refractivity contribution in [3.63, 3.8) is 0 Å². The molecule has 0 heterocycles. The standard InChI is InChI=1S/C29H34N2O3/c1-20-9-6-11-24(17-20)30-27(32)23-10-7-12-25(19-23)31-28(33)29(4,5)15-8-16-34-26-18-21(2)13-14-22(26)3/h6-7,9-14,17-19H,8,15-16H2,1-5H3,(H,30,32)(H,31,33). The fourth-order valence-electron chi connectivity index (χ4n) is 3.64. The molecule has 0 fully saturated rings. The first-order valence-electron chi connectivity index (χ1n) is 11.6. The summed E-state index contributed by atoms with van der Waals surface area (Å²) in [6, 6.07) is 20.8.